The van der Waals surface area contributed by atoms with Gasteiger partial charge in [0.1, 0.15) is 0 Å². The molecule has 134 valence electrons. The first-order chi connectivity index (χ1) is 13.2. The maximum absolute atomic E-state index is 5.47. The average molecular weight is 393 g/mol. The molecule has 0 amide bonds. The van der Waals surface area contributed by atoms with Crippen LogP contribution < -0.4 is 9.47 Å². The molecule has 2 aromatic carbocycles. The van der Waals surface area contributed by atoms with Crippen molar-refractivity contribution in [2.75, 3.05) is 6.79 Å². The number of hydrogen-bond acceptors (Lipinski definition) is 6. The summed E-state index contributed by atoms with van der Waals surface area (Å²) in [6.45, 7) is 4.51. The molecular weight excluding hydrogens is 376 g/mol. The second-order valence-electron chi connectivity index (χ2n) is 6.46. The fourth-order valence-electron chi connectivity index (χ4n) is 3.16. The molecule has 6 heteroatoms. The van der Waals surface area contributed by atoms with Crippen molar-refractivity contribution >= 4 is 22.7 Å². The molecule has 2 aromatic heterocycles. The van der Waals surface area contributed by atoms with E-state index in [9.17, 15) is 0 Å². The third kappa shape index (κ3) is 3.01. The van der Waals surface area contributed by atoms with Gasteiger partial charge in [-0.25, -0.2) is 9.97 Å². The number of ether oxygens (including phenoxy) is 2. The van der Waals surface area contributed by atoms with Crippen molar-refractivity contribution < 1.29 is 9.47 Å². The van der Waals surface area contributed by atoms with Crippen LogP contribution in [0.3, 0.4) is 0 Å². The van der Waals surface area contributed by atoms with E-state index in [0.717, 1.165) is 38.5 Å². The Balaban J connectivity index is 1.46. The monoisotopic (exact) mass is 392 g/mol. The van der Waals surface area contributed by atoms with Crippen LogP contribution in [0.5, 0.6) is 11.5 Å². The largest absolute Gasteiger partial charge is 0.454 e. The number of aromatic nitrogens is 2. The van der Waals surface area contributed by atoms with Crippen molar-refractivity contribution in [1.29, 1.82) is 0 Å². The molecule has 4 aromatic rings. The minimum atomic E-state index is 0.279. The van der Waals surface area contributed by atoms with E-state index in [1.807, 2.05) is 18.2 Å². The molecule has 1 aliphatic rings. The Morgan fingerprint density at radius 2 is 1.56 bits per heavy atom. The third-order valence-electron chi connectivity index (χ3n) is 4.52. The fraction of sp³-hybridized carbons (Fsp3) is 0.143. The second kappa shape index (κ2) is 6.48. The highest BCUT2D eigenvalue weighted by atomic mass is 32.1. The van der Waals surface area contributed by atoms with E-state index in [-0.39, 0.29) is 6.79 Å². The Kier molecular flexibility index (Phi) is 3.95. The SMILES string of the molecule is Cc1ccc(-c2csc(-c3nc(-c4ccc5c(c4)OCO5)cs3)n2)c(C)c1. The van der Waals surface area contributed by atoms with Crippen LogP contribution in [0, 0.1) is 13.8 Å². The number of rotatable bonds is 3. The van der Waals surface area contributed by atoms with Gasteiger partial charge in [-0.2, -0.15) is 0 Å². The van der Waals surface area contributed by atoms with Gasteiger partial charge in [-0.3, -0.25) is 0 Å². The highest BCUT2D eigenvalue weighted by molar-refractivity contribution is 7.20. The quantitative estimate of drug-likeness (QED) is 0.432. The third-order valence-corrected chi connectivity index (χ3v) is 6.34. The zero-order valence-corrected chi connectivity index (χ0v) is 16.5. The zero-order valence-electron chi connectivity index (χ0n) is 14.9. The van der Waals surface area contributed by atoms with Gasteiger partial charge in [0.05, 0.1) is 11.4 Å². The summed E-state index contributed by atoms with van der Waals surface area (Å²) in [6, 6.07) is 12.4. The van der Waals surface area contributed by atoms with Crippen LogP contribution in [-0.2, 0) is 0 Å². The van der Waals surface area contributed by atoms with E-state index in [4.69, 9.17) is 19.4 Å². The molecule has 0 saturated heterocycles. The van der Waals surface area contributed by atoms with Crippen molar-refractivity contribution in [3.05, 3.63) is 58.3 Å². The van der Waals surface area contributed by atoms with Crippen LogP contribution in [0.2, 0.25) is 0 Å². The lowest BCUT2D eigenvalue weighted by molar-refractivity contribution is 0.174. The van der Waals surface area contributed by atoms with Gasteiger partial charge in [0, 0.05) is 21.9 Å². The summed E-state index contributed by atoms with van der Waals surface area (Å²) in [5.74, 6) is 1.56. The van der Waals surface area contributed by atoms with Gasteiger partial charge in [0.15, 0.2) is 21.5 Å². The summed E-state index contributed by atoms with van der Waals surface area (Å²) in [6.07, 6.45) is 0. The number of hydrogen-bond donors (Lipinski definition) is 0. The summed E-state index contributed by atoms with van der Waals surface area (Å²) < 4.78 is 10.8. The molecule has 0 aliphatic carbocycles. The molecule has 0 bridgehead atoms. The Hall–Kier alpha value is -2.70. The molecule has 0 radical (unpaired) electrons. The standard InChI is InChI=1S/C21H16N2O2S2/c1-12-3-5-15(13(2)7-12)17-10-27-21(23-17)20-22-16(9-26-20)14-4-6-18-19(8-14)25-11-24-18/h3-10H,11H2,1-2H3. The molecular formula is C21H16N2O2S2. The number of benzene rings is 2. The smallest absolute Gasteiger partial charge is 0.231 e. The Bertz CT molecular complexity index is 1150. The lowest BCUT2D eigenvalue weighted by atomic mass is 10.0. The first-order valence-corrected chi connectivity index (χ1v) is 10.3. The number of nitrogens with zero attached hydrogens (tertiary/aromatic N) is 2. The Labute approximate surface area is 165 Å². The summed E-state index contributed by atoms with van der Waals surface area (Å²) >= 11 is 3.24. The average Bonchev–Trinajstić information content (AvgIpc) is 3.40. The summed E-state index contributed by atoms with van der Waals surface area (Å²) in [7, 11) is 0. The molecule has 0 fully saturated rings. The molecule has 27 heavy (non-hydrogen) atoms. The lowest BCUT2D eigenvalue weighted by Crippen LogP contribution is -1.92. The fourth-order valence-corrected chi connectivity index (χ4v) is 4.86. The molecule has 0 spiro atoms. The maximum Gasteiger partial charge on any atom is 0.231 e. The molecule has 3 heterocycles. The van der Waals surface area contributed by atoms with E-state index in [2.05, 4.69) is 42.8 Å². The molecule has 5 rings (SSSR count). The van der Waals surface area contributed by atoms with E-state index < -0.39 is 0 Å². The Morgan fingerprint density at radius 3 is 2.37 bits per heavy atom. The number of thiazole rings is 2. The van der Waals surface area contributed by atoms with Crippen LogP contribution in [0.25, 0.3) is 32.5 Å². The van der Waals surface area contributed by atoms with Crippen molar-refractivity contribution in [2.24, 2.45) is 0 Å². The summed E-state index contributed by atoms with van der Waals surface area (Å²) in [4.78, 5) is 9.62. The van der Waals surface area contributed by atoms with Gasteiger partial charge in [-0.1, -0.05) is 23.8 Å². The molecule has 1 aliphatic heterocycles. The van der Waals surface area contributed by atoms with E-state index >= 15 is 0 Å². The number of fused-ring (bicyclic) bond motifs is 1. The van der Waals surface area contributed by atoms with Crippen molar-refractivity contribution in [3.8, 4) is 44.0 Å². The first-order valence-electron chi connectivity index (χ1n) is 8.56. The van der Waals surface area contributed by atoms with Gasteiger partial charge in [-0.05, 0) is 37.6 Å². The van der Waals surface area contributed by atoms with Gasteiger partial charge in [0.2, 0.25) is 6.79 Å². The van der Waals surface area contributed by atoms with Gasteiger partial charge >= 0.3 is 0 Å². The zero-order chi connectivity index (χ0) is 18.4. The normalized spacial score (nSPS) is 12.5. The highest BCUT2D eigenvalue weighted by Gasteiger charge is 2.16. The maximum atomic E-state index is 5.47. The lowest BCUT2D eigenvalue weighted by Gasteiger charge is -2.03. The minimum Gasteiger partial charge on any atom is -0.454 e. The first kappa shape index (κ1) is 16.5. The van der Waals surface area contributed by atoms with Crippen LogP contribution in [0.15, 0.2) is 47.2 Å². The van der Waals surface area contributed by atoms with Crippen LogP contribution in [-0.4, -0.2) is 16.8 Å². The van der Waals surface area contributed by atoms with Crippen LogP contribution in [0.4, 0.5) is 0 Å². The van der Waals surface area contributed by atoms with Gasteiger partial charge < -0.3 is 9.47 Å². The minimum absolute atomic E-state index is 0.279. The van der Waals surface area contributed by atoms with E-state index in [1.54, 1.807) is 22.7 Å². The van der Waals surface area contributed by atoms with E-state index in [0.29, 0.717) is 0 Å². The topological polar surface area (TPSA) is 44.2 Å². The second-order valence-corrected chi connectivity index (χ2v) is 8.18. The molecule has 4 nitrogen and oxygen atoms in total. The molecule has 0 atom stereocenters. The van der Waals surface area contributed by atoms with Gasteiger partial charge in [0.25, 0.3) is 0 Å². The van der Waals surface area contributed by atoms with Crippen molar-refractivity contribution in [2.45, 2.75) is 13.8 Å². The molecule has 0 N–H and O–H groups in total. The van der Waals surface area contributed by atoms with E-state index in [1.165, 1.54) is 16.7 Å². The van der Waals surface area contributed by atoms with Crippen LogP contribution in [0.1, 0.15) is 11.1 Å². The van der Waals surface area contributed by atoms with Gasteiger partial charge in [-0.15, -0.1) is 22.7 Å². The molecule has 0 saturated carbocycles. The predicted octanol–water partition coefficient (Wildman–Crippen LogP) is 5.95. The molecule has 0 unspecified atom stereocenters. The van der Waals surface area contributed by atoms with Crippen LogP contribution >= 0.6 is 22.7 Å². The Morgan fingerprint density at radius 1 is 0.815 bits per heavy atom. The van der Waals surface area contributed by atoms with Crippen molar-refractivity contribution in [1.82, 2.24) is 9.97 Å². The highest BCUT2D eigenvalue weighted by Crippen LogP contribution is 2.38. The summed E-state index contributed by atoms with van der Waals surface area (Å²) in [5, 5.41) is 6.05. The number of aryl methyl sites for hydroxylation is 2. The van der Waals surface area contributed by atoms with Crippen molar-refractivity contribution in [3.63, 3.8) is 0 Å². The summed E-state index contributed by atoms with van der Waals surface area (Å²) in [5.41, 5.74) is 6.64. The predicted molar refractivity (Wildman–Crippen MR) is 110 cm³/mol.